The van der Waals surface area contributed by atoms with Crippen molar-refractivity contribution in [2.24, 2.45) is 0 Å². The molecule has 0 atom stereocenters. The molecule has 84 valence electrons. The Labute approximate surface area is 96.6 Å². The summed E-state index contributed by atoms with van der Waals surface area (Å²) in [5.41, 5.74) is 2.34. The number of rotatable bonds is 1. The van der Waals surface area contributed by atoms with Crippen molar-refractivity contribution in [1.82, 2.24) is 0 Å². The van der Waals surface area contributed by atoms with E-state index in [1.54, 1.807) is 12.1 Å². The zero-order valence-corrected chi connectivity index (χ0v) is 9.10. The number of fused-ring (bicyclic) bond motifs is 2. The zero-order chi connectivity index (χ0) is 11.4. The van der Waals surface area contributed by atoms with E-state index in [-0.39, 0.29) is 5.63 Å². The summed E-state index contributed by atoms with van der Waals surface area (Å²) in [6.45, 7) is 0. The maximum Gasteiger partial charge on any atom is 0.336 e. The highest BCUT2D eigenvalue weighted by Crippen LogP contribution is 2.44. The molecule has 0 saturated heterocycles. The Morgan fingerprint density at radius 2 is 2.00 bits per heavy atom. The van der Waals surface area contributed by atoms with Crippen molar-refractivity contribution in [1.29, 1.82) is 0 Å². The van der Waals surface area contributed by atoms with Gasteiger partial charge in [-0.05, 0) is 30.9 Å². The summed E-state index contributed by atoms with van der Waals surface area (Å²) in [5, 5.41) is 2.09. The number of hydrogen-bond acceptors (Lipinski definition) is 3. The summed E-state index contributed by atoms with van der Waals surface area (Å²) < 4.78 is 10.7. The molecule has 0 amide bonds. The van der Waals surface area contributed by atoms with Crippen LogP contribution in [0.4, 0.5) is 0 Å². The lowest BCUT2D eigenvalue weighted by molar-refractivity contribution is 0.559. The minimum absolute atomic E-state index is 0.328. The molecule has 3 heteroatoms. The molecule has 2 aromatic heterocycles. The molecule has 3 nitrogen and oxygen atoms in total. The minimum Gasteiger partial charge on any atom is -0.464 e. The lowest BCUT2D eigenvalue weighted by atomic mass is 10.1. The van der Waals surface area contributed by atoms with Crippen LogP contribution >= 0.6 is 0 Å². The van der Waals surface area contributed by atoms with E-state index in [1.807, 2.05) is 12.3 Å². The Kier molecular flexibility index (Phi) is 1.60. The fourth-order valence-electron chi connectivity index (χ4n) is 2.32. The van der Waals surface area contributed by atoms with E-state index in [4.69, 9.17) is 8.83 Å². The standard InChI is InChI=1S/C14H10O3/c15-14-4-3-9-5-10-11(8-1-2-8)7-16-13(10)6-12(9)17-14/h3-8H,1-2H2. The highest BCUT2D eigenvalue weighted by molar-refractivity contribution is 5.95. The zero-order valence-electron chi connectivity index (χ0n) is 9.10. The van der Waals surface area contributed by atoms with Gasteiger partial charge in [-0.3, -0.25) is 0 Å². The van der Waals surface area contributed by atoms with E-state index in [1.165, 1.54) is 24.5 Å². The van der Waals surface area contributed by atoms with Crippen LogP contribution in [0.3, 0.4) is 0 Å². The molecule has 3 aromatic rings. The molecule has 1 aliphatic carbocycles. The van der Waals surface area contributed by atoms with Crippen LogP contribution in [0.2, 0.25) is 0 Å². The maximum atomic E-state index is 11.1. The summed E-state index contributed by atoms with van der Waals surface area (Å²) in [5.74, 6) is 0.657. The van der Waals surface area contributed by atoms with Crippen molar-refractivity contribution in [3.63, 3.8) is 0 Å². The Bertz CT molecular complexity index is 775. The van der Waals surface area contributed by atoms with Crippen LogP contribution in [-0.4, -0.2) is 0 Å². The van der Waals surface area contributed by atoms with Crippen LogP contribution in [0.25, 0.3) is 21.9 Å². The molecule has 0 aliphatic heterocycles. The van der Waals surface area contributed by atoms with Crippen LogP contribution < -0.4 is 5.63 Å². The molecule has 0 N–H and O–H groups in total. The normalized spacial score (nSPS) is 15.8. The van der Waals surface area contributed by atoms with Crippen molar-refractivity contribution in [2.75, 3.05) is 0 Å². The molecule has 1 aromatic carbocycles. The van der Waals surface area contributed by atoms with Crippen LogP contribution in [0.5, 0.6) is 0 Å². The molecule has 17 heavy (non-hydrogen) atoms. The number of furan rings is 1. The van der Waals surface area contributed by atoms with Crippen LogP contribution in [0.15, 0.2) is 44.2 Å². The summed E-state index contributed by atoms with van der Waals surface area (Å²) in [6.07, 6.45) is 4.33. The molecule has 4 rings (SSSR count). The number of hydrogen-bond donors (Lipinski definition) is 0. The molecule has 0 radical (unpaired) electrons. The average molecular weight is 226 g/mol. The summed E-state index contributed by atoms with van der Waals surface area (Å²) in [4.78, 5) is 11.1. The summed E-state index contributed by atoms with van der Waals surface area (Å²) in [7, 11) is 0. The van der Waals surface area contributed by atoms with E-state index < -0.39 is 0 Å². The molecule has 0 unspecified atom stereocenters. The smallest absolute Gasteiger partial charge is 0.336 e. The Hall–Kier alpha value is -2.03. The van der Waals surface area contributed by atoms with Crippen molar-refractivity contribution in [2.45, 2.75) is 18.8 Å². The van der Waals surface area contributed by atoms with Crippen LogP contribution in [0.1, 0.15) is 24.3 Å². The van der Waals surface area contributed by atoms with Gasteiger partial charge in [-0.15, -0.1) is 0 Å². The third-order valence-electron chi connectivity index (χ3n) is 3.36. The van der Waals surface area contributed by atoms with E-state index in [0.29, 0.717) is 11.5 Å². The first-order chi connectivity index (χ1) is 8.31. The fraction of sp³-hybridized carbons (Fsp3) is 0.214. The largest absolute Gasteiger partial charge is 0.464 e. The van der Waals surface area contributed by atoms with Crippen molar-refractivity contribution < 1.29 is 8.83 Å². The van der Waals surface area contributed by atoms with Gasteiger partial charge >= 0.3 is 5.63 Å². The summed E-state index contributed by atoms with van der Waals surface area (Å²) >= 11 is 0. The molecular weight excluding hydrogens is 216 g/mol. The maximum absolute atomic E-state index is 11.1. The van der Waals surface area contributed by atoms with Gasteiger partial charge in [0.2, 0.25) is 0 Å². The molecular formula is C14H10O3. The van der Waals surface area contributed by atoms with Gasteiger partial charge in [0.1, 0.15) is 11.2 Å². The van der Waals surface area contributed by atoms with Crippen molar-refractivity contribution >= 4 is 21.9 Å². The third kappa shape index (κ3) is 1.32. The minimum atomic E-state index is -0.328. The quantitative estimate of drug-likeness (QED) is 0.597. The second kappa shape index (κ2) is 3.00. The predicted octanol–water partition coefficient (Wildman–Crippen LogP) is 3.42. The molecule has 2 heterocycles. The molecule has 1 aliphatic rings. The van der Waals surface area contributed by atoms with Gasteiger partial charge in [0.05, 0.1) is 6.26 Å². The monoisotopic (exact) mass is 226 g/mol. The Morgan fingerprint density at radius 3 is 2.82 bits per heavy atom. The highest BCUT2D eigenvalue weighted by Gasteiger charge is 2.27. The predicted molar refractivity (Wildman–Crippen MR) is 64.2 cm³/mol. The van der Waals surface area contributed by atoms with Gasteiger partial charge < -0.3 is 8.83 Å². The van der Waals surface area contributed by atoms with Gasteiger partial charge in [0.15, 0.2) is 0 Å². The van der Waals surface area contributed by atoms with E-state index in [9.17, 15) is 4.79 Å². The average Bonchev–Trinajstić information content (AvgIpc) is 3.08. The molecule has 1 fully saturated rings. The van der Waals surface area contributed by atoms with Gasteiger partial charge in [-0.2, -0.15) is 0 Å². The van der Waals surface area contributed by atoms with Crippen LogP contribution in [0, 0.1) is 0 Å². The topological polar surface area (TPSA) is 43.4 Å². The highest BCUT2D eigenvalue weighted by atomic mass is 16.4. The van der Waals surface area contributed by atoms with Gasteiger partial charge in [0.25, 0.3) is 0 Å². The second-order valence-corrected chi connectivity index (χ2v) is 4.61. The van der Waals surface area contributed by atoms with E-state index >= 15 is 0 Å². The van der Waals surface area contributed by atoms with Gasteiger partial charge in [0, 0.05) is 28.5 Å². The van der Waals surface area contributed by atoms with E-state index in [0.717, 1.165) is 16.4 Å². The number of benzene rings is 1. The summed E-state index contributed by atoms with van der Waals surface area (Å²) in [6, 6.07) is 7.10. The molecule has 1 saturated carbocycles. The van der Waals surface area contributed by atoms with Gasteiger partial charge in [-0.25, -0.2) is 4.79 Å². The first-order valence-electron chi connectivity index (χ1n) is 5.76. The fourth-order valence-corrected chi connectivity index (χ4v) is 2.32. The lowest BCUT2D eigenvalue weighted by Crippen LogP contribution is -1.93. The second-order valence-electron chi connectivity index (χ2n) is 4.61. The van der Waals surface area contributed by atoms with Crippen LogP contribution in [-0.2, 0) is 0 Å². The molecule has 0 spiro atoms. The molecule has 0 bridgehead atoms. The Balaban J connectivity index is 2.10. The van der Waals surface area contributed by atoms with Gasteiger partial charge in [-0.1, -0.05) is 0 Å². The third-order valence-corrected chi connectivity index (χ3v) is 3.36. The van der Waals surface area contributed by atoms with E-state index in [2.05, 4.69) is 0 Å². The SMILES string of the molecule is O=c1ccc2cc3c(C4CC4)coc3cc2o1. The first-order valence-corrected chi connectivity index (χ1v) is 5.76. The lowest BCUT2D eigenvalue weighted by Gasteiger charge is -1.97. The Morgan fingerprint density at radius 1 is 1.12 bits per heavy atom. The first kappa shape index (κ1) is 9.05. The van der Waals surface area contributed by atoms with Crippen molar-refractivity contribution in [3.05, 3.63) is 46.5 Å². The van der Waals surface area contributed by atoms with Crippen molar-refractivity contribution in [3.8, 4) is 0 Å².